The number of hydrogen-bond donors (Lipinski definition) is 1. The van der Waals surface area contributed by atoms with Crippen molar-refractivity contribution in [2.45, 2.75) is 45.7 Å². The van der Waals surface area contributed by atoms with Crippen LogP contribution in [0.3, 0.4) is 0 Å². The number of para-hydroxylation sites is 2. The second-order valence-corrected chi connectivity index (χ2v) is 7.76. The lowest BCUT2D eigenvalue weighted by Crippen LogP contribution is -2.43. The molecule has 1 atom stereocenters. The van der Waals surface area contributed by atoms with E-state index in [1.807, 2.05) is 18.2 Å². The van der Waals surface area contributed by atoms with Crippen molar-refractivity contribution in [3.05, 3.63) is 54.4 Å². The Kier molecular flexibility index (Phi) is 6.08. The highest BCUT2D eigenvalue weighted by Crippen LogP contribution is 2.27. The van der Waals surface area contributed by atoms with Gasteiger partial charge in [-0.3, -0.25) is 9.78 Å². The number of aromatic nitrogens is 3. The van der Waals surface area contributed by atoms with Gasteiger partial charge in [0.1, 0.15) is 0 Å². The fourth-order valence-electron chi connectivity index (χ4n) is 4.05. The maximum atomic E-state index is 12.8. The second-order valence-electron chi connectivity index (χ2n) is 7.76. The smallest absolute Gasteiger partial charge is 0.225 e. The summed E-state index contributed by atoms with van der Waals surface area (Å²) in [6.45, 7) is 5.39. The molecular formula is C23H29N5O. The number of hydrogen-bond acceptors (Lipinski definition) is 4. The van der Waals surface area contributed by atoms with Crippen LogP contribution in [-0.2, 0) is 17.9 Å². The Bertz CT molecular complexity index is 952. The predicted octanol–water partition coefficient (Wildman–Crippen LogP) is 3.76. The highest BCUT2D eigenvalue weighted by Gasteiger charge is 2.28. The van der Waals surface area contributed by atoms with Gasteiger partial charge in [0, 0.05) is 38.6 Å². The number of nitrogens with zero attached hydrogens (tertiary/aromatic N) is 4. The molecule has 0 bridgehead atoms. The van der Waals surface area contributed by atoms with Crippen LogP contribution in [0.5, 0.6) is 0 Å². The van der Waals surface area contributed by atoms with Gasteiger partial charge < -0.3 is 14.8 Å². The summed E-state index contributed by atoms with van der Waals surface area (Å²) in [5, 5.41) is 3.10. The molecule has 0 saturated carbocycles. The van der Waals surface area contributed by atoms with Crippen molar-refractivity contribution in [2.24, 2.45) is 5.92 Å². The molecule has 4 rings (SSSR count). The van der Waals surface area contributed by atoms with Crippen molar-refractivity contribution in [3.63, 3.8) is 0 Å². The molecule has 3 aromatic rings. The Hall–Kier alpha value is -2.89. The maximum absolute atomic E-state index is 12.8. The van der Waals surface area contributed by atoms with Crippen molar-refractivity contribution in [2.75, 3.05) is 18.0 Å². The van der Waals surface area contributed by atoms with Crippen LogP contribution in [0.1, 0.15) is 38.2 Å². The van der Waals surface area contributed by atoms with Gasteiger partial charge in [0.25, 0.3) is 0 Å². The molecule has 1 aromatic carbocycles. The van der Waals surface area contributed by atoms with Gasteiger partial charge >= 0.3 is 0 Å². The fraction of sp³-hybridized carbons (Fsp3) is 0.435. The van der Waals surface area contributed by atoms with Gasteiger partial charge in [0.2, 0.25) is 11.9 Å². The number of carbonyl (C=O) groups excluding carboxylic acids is 1. The highest BCUT2D eigenvalue weighted by atomic mass is 16.1. The molecule has 0 aliphatic carbocycles. The van der Waals surface area contributed by atoms with Crippen LogP contribution in [0.25, 0.3) is 11.0 Å². The van der Waals surface area contributed by atoms with Crippen LogP contribution in [0.4, 0.5) is 5.95 Å². The number of aryl methyl sites for hydroxylation is 1. The summed E-state index contributed by atoms with van der Waals surface area (Å²) in [6, 6.07) is 12.2. The second kappa shape index (κ2) is 9.07. The van der Waals surface area contributed by atoms with E-state index in [4.69, 9.17) is 4.98 Å². The molecular weight excluding hydrogens is 362 g/mol. The van der Waals surface area contributed by atoms with E-state index in [0.29, 0.717) is 6.54 Å². The Morgan fingerprint density at radius 1 is 1.21 bits per heavy atom. The molecule has 152 valence electrons. The molecule has 1 N–H and O–H groups in total. The Balaban J connectivity index is 1.48. The third kappa shape index (κ3) is 4.42. The van der Waals surface area contributed by atoms with Crippen molar-refractivity contribution in [1.82, 2.24) is 19.9 Å². The van der Waals surface area contributed by atoms with E-state index in [-0.39, 0.29) is 11.8 Å². The minimum absolute atomic E-state index is 0.00924. The molecule has 0 radical (unpaired) electrons. The summed E-state index contributed by atoms with van der Waals surface area (Å²) >= 11 is 0. The molecule has 1 unspecified atom stereocenters. The fourth-order valence-corrected chi connectivity index (χ4v) is 4.05. The zero-order valence-corrected chi connectivity index (χ0v) is 17.1. The summed E-state index contributed by atoms with van der Waals surface area (Å²) < 4.78 is 2.33. The summed E-state index contributed by atoms with van der Waals surface area (Å²) in [6.07, 6.45) is 7.70. The first-order valence-corrected chi connectivity index (χ1v) is 10.6. The molecule has 1 fully saturated rings. The van der Waals surface area contributed by atoms with E-state index >= 15 is 0 Å². The predicted molar refractivity (Wildman–Crippen MR) is 116 cm³/mol. The van der Waals surface area contributed by atoms with E-state index in [1.54, 1.807) is 12.4 Å². The molecule has 1 saturated heterocycles. The number of pyridine rings is 1. The van der Waals surface area contributed by atoms with E-state index in [9.17, 15) is 4.79 Å². The minimum atomic E-state index is -0.00924. The van der Waals surface area contributed by atoms with Gasteiger partial charge in [0.15, 0.2) is 0 Å². The number of carbonyl (C=O) groups is 1. The van der Waals surface area contributed by atoms with Gasteiger partial charge in [-0.25, -0.2) is 4.98 Å². The quantitative estimate of drug-likeness (QED) is 0.666. The molecule has 29 heavy (non-hydrogen) atoms. The monoisotopic (exact) mass is 391 g/mol. The third-order valence-electron chi connectivity index (χ3n) is 5.66. The summed E-state index contributed by atoms with van der Waals surface area (Å²) in [5.41, 5.74) is 3.28. The number of amides is 1. The van der Waals surface area contributed by atoms with E-state index in [1.165, 1.54) is 5.52 Å². The number of piperidine rings is 1. The molecule has 1 aliphatic heterocycles. The number of benzene rings is 1. The molecule has 0 spiro atoms. The first-order valence-electron chi connectivity index (χ1n) is 10.6. The van der Waals surface area contributed by atoms with Crippen molar-refractivity contribution < 1.29 is 4.79 Å². The molecule has 2 aromatic heterocycles. The summed E-state index contributed by atoms with van der Waals surface area (Å²) in [7, 11) is 0. The lowest BCUT2D eigenvalue weighted by Gasteiger charge is -2.33. The van der Waals surface area contributed by atoms with Gasteiger partial charge in [-0.2, -0.15) is 0 Å². The average Bonchev–Trinajstić information content (AvgIpc) is 3.15. The topological polar surface area (TPSA) is 63.1 Å². The van der Waals surface area contributed by atoms with Crippen molar-refractivity contribution >= 4 is 22.9 Å². The van der Waals surface area contributed by atoms with Crippen LogP contribution >= 0.6 is 0 Å². The van der Waals surface area contributed by atoms with E-state index in [0.717, 1.165) is 62.3 Å². The zero-order valence-electron chi connectivity index (χ0n) is 17.1. The molecule has 1 amide bonds. The third-order valence-corrected chi connectivity index (χ3v) is 5.66. The van der Waals surface area contributed by atoms with Crippen LogP contribution < -0.4 is 10.2 Å². The number of anilines is 1. The standard InChI is InChI=1S/C23H29N5O/c1-2-3-15-28-21-9-5-4-8-20(21)26-23(28)27-14-6-7-19(17-27)22(29)25-16-18-10-12-24-13-11-18/h4-5,8-13,19H,2-3,6-7,14-17H2,1H3,(H,25,29). The maximum Gasteiger partial charge on any atom is 0.225 e. The zero-order chi connectivity index (χ0) is 20.1. The van der Waals surface area contributed by atoms with Gasteiger partial charge in [-0.1, -0.05) is 25.5 Å². The minimum Gasteiger partial charge on any atom is -0.352 e. The van der Waals surface area contributed by atoms with Crippen molar-refractivity contribution in [1.29, 1.82) is 0 Å². The van der Waals surface area contributed by atoms with Gasteiger partial charge in [-0.05, 0) is 49.1 Å². The summed E-state index contributed by atoms with van der Waals surface area (Å²) in [5.74, 6) is 1.12. The van der Waals surface area contributed by atoms with E-state index in [2.05, 4.69) is 44.9 Å². The van der Waals surface area contributed by atoms with Crippen LogP contribution in [0.2, 0.25) is 0 Å². The Labute approximate surface area is 172 Å². The number of fused-ring (bicyclic) bond motifs is 1. The first-order chi connectivity index (χ1) is 14.3. The van der Waals surface area contributed by atoms with Gasteiger partial charge in [-0.15, -0.1) is 0 Å². The number of imidazole rings is 1. The van der Waals surface area contributed by atoms with E-state index < -0.39 is 0 Å². The summed E-state index contributed by atoms with van der Waals surface area (Å²) in [4.78, 5) is 24.0. The number of rotatable bonds is 7. The average molecular weight is 392 g/mol. The number of nitrogens with one attached hydrogen (secondary N) is 1. The lowest BCUT2D eigenvalue weighted by atomic mass is 9.97. The van der Waals surface area contributed by atoms with Crippen molar-refractivity contribution in [3.8, 4) is 0 Å². The highest BCUT2D eigenvalue weighted by molar-refractivity contribution is 5.81. The Morgan fingerprint density at radius 2 is 2.03 bits per heavy atom. The normalized spacial score (nSPS) is 16.9. The number of unbranched alkanes of at least 4 members (excludes halogenated alkanes) is 1. The van der Waals surface area contributed by atoms with Crippen LogP contribution in [-0.4, -0.2) is 33.5 Å². The molecule has 1 aliphatic rings. The molecule has 6 nitrogen and oxygen atoms in total. The SMILES string of the molecule is CCCCn1c(N2CCCC(C(=O)NCc3ccncc3)C2)nc2ccccc21. The van der Waals surface area contributed by atoms with Crippen LogP contribution in [0.15, 0.2) is 48.8 Å². The largest absolute Gasteiger partial charge is 0.352 e. The van der Waals surface area contributed by atoms with Crippen LogP contribution in [0, 0.1) is 5.92 Å². The van der Waals surface area contributed by atoms with Gasteiger partial charge in [0.05, 0.1) is 17.0 Å². The molecule has 3 heterocycles. The lowest BCUT2D eigenvalue weighted by molar-refractivity contribution is -0.125. The Morgan fingerprint density at radius 3 is 2.86 bits per heavy atom. The molecule has 6 heteroatoms. The first kappa shape index (κ1) is 19.4.